The average Bonchev–Trinajstić information content (AvgIpc) is 2.99. The van der Waals surface area contributed by atoms with Crippen LogP contribution in [0.25, 0.3) is 0 Å². The van der Waals surface area contributed by atoms with Crippen molar-refractivity contribution in [1.29, 1.82) is 0 Å². The van der Waals surface area contributed by atoms with Gasteiger partial charge in [0.2, 0.25) is 0 Å². The predicted octanol–water partition coefficient (Wildman–Crippen LogP) is 2.89. The van der Waals surface area contributed by atoms with Gasteiger partial charge in [-0.15, -0.1) is 0 Å². The summed E-state index contributed by atoms with van der Waals surface area (Å²) in [6.45, 7) is 5.34. The lowest BCUT2D eigenvalue weighted by molar-refractivity contribution is 0.0818. The minimum atomic E-state index is -0.339. The van der Waals surface area contributed by atoms with Gasteiger partial charge in [-0.25, -0.2) is 4.39 Å². The van der Waals surface area contributed by atoms with Crippen molar-refractivity contribution in [2.45, 2.75) is 32.5 Å². The molecule has 0 amide bonds. The van der Waals surface area contributed by atoms with E-state index in [0.29, 0.717) is 19.7 Å². The fourth-order valence-electron chi connectivity index (χ4n) is 2.69. The highest BCUT2D eigenvalue weighted by molar-refractivity contribution is 5.18. The third-order valence-electron chi connectivity index (χ3n) is 4.10. The first kappa shape index (κ1) is 18.6. The van der Waals surface area contributed by atoms with E-state index in [4.69, 9.17) is 4.74 Å². The Labute approximate surface area is 143 Å². The number of aliphatic hydroxyl groups is 1. The number of nitrogens with zero attached hydrogens (tertiary/aromatic N) is 2. The van der Waals surface area contributed by atoms with Gasteiger partial charge in [0.1, 0.15) is 5.82 Å². The summed E-state index contributed by atoms with van der Waals surface area (Å²) in [5.41, 5.74) is 2.07. The van der Waals surface area contributed by atoms with Crippen LogP contribution >= 0.6 is 0 Å². The Bertz CT molecular complexity index is 615. The molecule has 0 spiro atoms. The van der Waals surface area contributed by atoms with Crippen LogP contribution in [0.5, 0.6) is 0 Å². The van der Waals surface area contributed by atoms with Crippen LogP contribution in [-0.2, 0) is 17.8 Å². The molecule has 4 nitrogen and oxygen atoms in total. The van der Waals surface area contributed by atoms with Crippen molar-refractivity contribution in [3.8, 4) is 0 Å². The minimum Gasteiger partial charge on any atom is -0.392 e. The molecule has 1 aromatic carbocycles. The van der Waals surface area contributed by atoms with Gasteiger partial charge in [0, 0.05) is 45.2 Å². The Kier molecular flexibility index (Phi) is 7.43. The topological polar surface area (TPSA) is 37.6 Å². The zero-order valence-electron chi connectivity index (χ0n) is 14.5. The zero-order chi connectivity index (χ0) is 17.4. The van der Waals surface area contributed by atoms with Gasteiger partial charge in [-0.1, -0.05) is 19.1 Å². The van der Waals surface area contributed by atoms with Crippen LogP contribution in [0.4, 0.5) is 4.39 Å². The van der Waals surface area contributed by atoms with Crippen LogP contribution in [0.1, 0.15) is 24.6 Å². The van der Waals surface area contributed by atoms with Crippen LogP contribution in [-0.4, -0.2) is 47.5 Å². The van der Waals surface area contributed by atoms with E-state index in [2.05, 4.69) is 15.5 Å². The maximum atomic E-state index is 13.4. The minimum absolute atomic E-state index is 0.214. The van der Waals surface area contributed by atoms with Crippen LogP contribution < -0.4 is 0 Å². The predicted molar refractivity (Wildman–Crippen MR) is 93.4 cm³/mol. The summed E-state index contributed by atoms with van der Waals surface area (Å²) < 4.78 is 20.7. The highest BCUT2D eigenvalue weighted by Crippen LogP contribution is 2.12. The van der Waals surface area contributed by atoms with Crippen molar-refractivity contribution in [1.82, 2.24) is 9.47 Å². The van der Waals surface area contributed by atoms with Gasteiger partial charge in [0.05, 0.1) is 12.7 Å². The summed E-state index contributed by atoms with van der Waals surface area (Å²) in [6.07, 6.45) is 2.40. The third-order valence-corrected chi connectivity index (χ3v) is 4.10. The first-order chi connectivity index (χ1) is 11.6. The summed E-state index contributed by atoms with van der Waals surface area (Å²) in [5.74, 6) is -0.214. The lowest BCUT2D eigenvalue weighted by Crippen LogP contribution is -2.34. The molecule has 0 saturated carbocycles. The van der Waals surface area contributed by atoms with Gasteiger partial charge < -0.3 is 14.4 Å². The Morgan fingerprint density at radius 2 is 2.12 bits per heavy atom. The number of aromatic nitrogens is 1. The molecule has 1 heterocycles. The van der Waals surface area contributed by atoms with E-state index >= 15 is 0 Å². The van der Waals surface area contributed by atoms with Crippen LogP contribution in [0.3, 0.4) is 0 Å². The van der Waals surface area contributed by atoms with E-state index in [-0.39, 0.29) is 11.9 Å². The highest BCUT2D eigenvalue weighted by atomic mass is 19.1. The SMILES string of the molecule is CC[C@@H](O)CN(CCOC)Cc1cccn1Cc1cccc(F)c1. The van der Waals surface area contributed by atoms with Crippen LogP contribution in [0.15, 0.2) is 42.6 Å². The zero-order valence-corrected chi connectivity index (χ0v) is 14.5. The number of halogens is 1. The smallest absolute Gasteiger partial charge is 0.123 e. The summed E-state index contributed by atoms with van der Waals surface area (Å²) in [6, 6.07) is 10.7. The first-order valence-electron chi connectivity index (χ1n) is 8.40. The number of hydrogen-bond donors (Lipinski definition) is 1. The molecule has 0 saturated heterocycles. The van der Waals surface area contributed by atoms with E-state index in [0.717, 1.165) is 30.8 Å². The molecule has 0 aliphatic heterocycles. The Morgan fingerprint density at radius 1 is 1.29 bits per heavy atom. The van der Waals surface area contributed by atoms with Gasteiger partial charge in [-0.2, -0.15) is 0 Å². The van der Waals surface area contributed by atoms with E-state index in [1.54, 1.807) is 19.2 Å². The van der Waals surface area contributed by atoms with Crippen molar-refractivity contribution >= 4 is 0 Å². The van der Waals surface area contributed by atoms with Crippen molar-refractivity contribution in [3.63, 3.8) is 0 Å². The number of ether oxygens (including phenoxy) is 1. The maximum absolute atomic E-state index is 13.4. The van der Waals surface area contributed by atoms with E-state index in [1.165, 1.54) is 6.07 Å². The monoisotopic (exact) mass is 334 g/mol. The van der Waals surface area contributed by atoms with Crippen LogP contribution in [0.2, 0.25) is 0 Å². The van der Waals surface area contributed by atoms with Crippen molar-refractivity contribution in [3.05, 3.63) is 59.7 Å². The van der Waals surface area contributed by atoms with Gasteiger partial charge in [-0.3, -0.25) is 4.90 Å². The molecule has 24 heavy (non-hydrogen) atoms. The largest absolute Gasteiger partial charge is 0.392 e. The molecule has 1 atom stereocenters. The molecule has 0 unspecified atom stereocenters. The van der Waals surface area contributed by atoms with Gasteiger partial charge >= 0.3 is 0 Å². The van der Waals surface area contributed by atoms with Crippen molar-refractivity contribution in [2.75, 3.05) is 26.8 Å². The lowest BCUT2D eigenvalue weighted by Gasteiger charge is -2.25. The van der Waals surface area contributed by atoms with Gasteiger partial charge in [0.25, 0.3) is 0 Å². The molecule has 0 aliphatic carbocycles. The summed E-state index contributed by atoms with van der Waals surface area (Å²) in [7, 11) is 1.68. The van der Waals surface area contributed by atoms with E-state index in [1.807, 2.05) is 25.3 Å². The number of methoxy groups -OCH3 is 1. The lowest BCUT2D eigenvalue weighted by atomic mass is 10.2. The number of hydrogen-bond acceptors (Lipinski definition) is 3. The molecule has 0 fully saturated rings. The molecule has 0 radical (unpaired) electrons. The number of benzene rings is 1. The number of rotatable bonds is 10. The second-order valence-corrected chi connectivity index (χ2v) is 6.05. The average molecular weight is 334 g/mol. The van der Waals surface area contributed by atoms with Gasteiger partial charge in [-0.05, 0) is 36.2 Å². The molecule has 1 N–H and O–H groups in total. The summed E-state index contributed by atoms with van der Waals surface area (Å²) >= 11 is 0. The molecule has 1 aromatic heterocycles. The van der Waals surface area contributed by atoms with Crippen molar-refractivity contribution < 1.29 is 14.2 Å². The molecule has 132 valence electrons. The molecular weight excluding hydrogens is 307 g/mol. The quantitative estimate of drug-likeness (QED) is 0.726. The fourth-order valence-corrected chi connectivity index (χ4v) is 2.69. The molecule has 0 bridgehead atoms. The molecular formula is C19H27FN2O2. The van der Waals surface area contributed by atoms with E-state index in [9.17, 15) is 9.50 Å². The highest BCUT2D eigenvalue weighted by Gasteiger charge is 2.13. The summed E-state index contributed by atoms with van der Waals surface area (Å²) in [5, 5.41) is 9.96. The molecule has 0 aliphatic rings. The summed E-state index contributed by atoms with van der Waals surface area (Å²) in [4.78, 5) is 2.19. The Morgan fingerprint density at radius 3 is 2.83 bits per heavy atom. The number of aliphatic hydroxyl groups excluding tert-OH is 1. The second kappa shape index (κ2) is 9.57. The first-order valence-corrected chi connectivity index (χ1v) is 8.40. The van der Waals surface area contributed by atoms with E-state index < -0.39 is 0 Å². The normalized spacial score (nSPS) is 12.7. The van der Waals surface area contributed by atoms with Crippen molar-refractivity contribution in [2.24, 2.45) is 0 Å². The molecule has 2 rings (SSSR count). The fraction of sp³-hybridized carbons (Fsp3) is 0.474. The van der Waals surface area contributed by atoms with Gasteiger partial charge in [0.15, 0.2) is 0 Å². The third kappa shape index (κ3) is 5.74. The standard InChI is InChI=1S/C19H27FN2O2/c1-3-19(23)15-21(10-11-24-2)14-18-8-5-9-22(18)13-16-6-4-7-17(20)12-16/h4-9,12,19,23H,3,10-11,13-15H2,1-2H3/t19-/m1/s1. The maximum Gasteiger partial charge on any atom is 0.123 e. The second-order valence-electron chi connectivity index (χ2n) is 6.05. The Hall–Kier alpha value is -1.69. The molecule has 5 heteroatoms. The Balaban J connectivity index is 2.06. The van der Waals surface area contributed by atoms with Crippen LogP contribution in [0, 0.1) is 5.82 Å². The molecule has 2 aromatic rings.